The Labute approximate surface area is 222 Å². The number of rotatable bonds is 24. The summed E-state index contributed by atoms with van der Waals surface area (Å²) in [6, 6.07) is 0. The molecule has 188 valence electrons. The summed E-state index contributed by atoms with van der Waals surface area (Å²) in [5, 5.41) is 0. The Morgan fingerprint density at radius 3 is 1.26 bits per heavy atom. The molecule has 0 aliphatic heterocycles. The molecule has 0 N–H and O–H groups in total. The molecular formula is C26H52I2O3. The lowest BCUT2D eigenvalue weighted by Crippen LogP contribution is -2.28. The van der Waals surface area contributed by atoms with Crippen LogP contribution in [0.3, 0.4) is 0 Å². The van der Waals surface area contributed by atoms with Gasteiger partial charge in [0, 0.05) is 21.1 Å². The third kappa shape index (κ3) is 24.3. The Morgan fingerprint density at radius 1 is 0.516 bits per heavy atom. The van der Waals surface area contributed by atoms with E-state index in [4.69, 9.17) is 14.2 Å². The van der Waals surface area contributed by atoms with Crippen molar-refractivity contribution in [1.82, 2.24) is 0 Å². The van der Waals surface area contributed by atoms with Gasteiger partial charge >= 0.3 is 0 Å². The molecule has 0 aromatic rings. The molecule has 0 rings (SSSR count). The second-order valence-corrected chi connectivity index (χ2v) is 13.2. The minimum absolute atomic E-state index is 0.122. The highest BCUT2D eigenvalue weighted by molar-refractivity contribution is 14.1. The minimum atomic E-state index is -0.122. The molecule has 0 saturated carbocycles. The van der Waals surface area contributed by atoms with E-state index in [1.165, 1.54) is 64.2 Å². The van der Waals surface area contributed by atoms with Crippen LogP contribution in [0.25, 0.3) is 0 Å². The number of halogens is 2. The summed E-state index contributed by atoms with van der Waals surface area (Å²) in [5.74, 6) is 0. The van der Waals surface area contributed by atoms with Gasteiger partial charge in [0.15, 0.2) is 12.6 Å². The van der Waals surface area contributed by atoms with Gasteiger partial charge in [-0.3, -0.25) is 0 Å². The van der Waals surface area contributed by atoms with Gasteiger partial charge in [-0.05, 0) is 51.4 Å². The van der Waals surface area contributed by atoms with Crippen molar-refractivity contribution in [3.63, 3.8) is 0 Å². The van der Waals surface area contributed by atoms with Crippen LogP contribution < -0.4 is 0 Å². The van der Waals surface area contributed by atoms with Gasteiger partial charge < -0.3 is 14.2 Å². The van der Waals surface area contributed by atoms with E-state index in [0.717, 1.165) is 51.7 Å². The normalized spacial score (nSPS) is 15.7. The van der Waals surface area contributed by atoms with E-state index in [1.807, 2.05) is 0 Å². The topological polar surface area (TPSA) is 27.7 Å². The molecule has 31 heavy (non-hydrogen) atoms. The summed E-state index contributed by atoms with van der Waals surface area (Å²) in [4.78, 5) is 0. The van der Waals surface area contributed by atoms with Crippen LogP contribution in [-0.4, -0.2) is 33.6 Å². The van der Waals surface area contributed by atoms with Crippen LogP contribution >= 0.6 is 45.2 Å². The number of alkyl halides is 2. The van der Waals surface area contributed by atoms with Crippen molar-refractivity contribution in [2.24, 2.45) is 0 Å². The Balaban J connectivity index is 4.54. The molecule has 5 heteroatoms. The molecular weight excluding hydrogens is 614 g/mol. The molecule has 0 saturated heterocycles. The fraction of sp³-hybridized carbons (Fsp3) is 1.00. The first-order valence-corrected chi connectivity index (χ1v) is 15.6. The number of hydrogen-bond acceptors (Lipinski definition) is 3. The summed E-state index contributed by atoms with van der Waals surface area (Å²) < 4.78 is 20.3. The summed E-state index contributed by atoms with van der Waals surface area (Å²) in [6.45, 7) is 10.7. The molecule has 0 spiro atoms. The van der Waals surface area contributed by atoms with Crippen LogP contribution in [0.5, 0.6) is 0 Å². The number of hydrogen-bond donors (Lipinski definition) is 0. The first kappa shape index (κ1) is 32.3. The molecule has 0 fully saturated rings. The number of ether oxygens (including phenoxy) is 3. The highest BCUT2D eigenvalue weighted by Crippen LogP contribution is 2.19. The van der Waals surface area contributed by atoms with E-state index in [1.54, 1.807) is 0 Å². The largest absolute Gasteiger partial charge is 0.353 e. The first-order chi connectivity index (χ1) is 15.0. The Hall–Kier alpha value is 1.34. The van der Waals surface area contributed by atoms with Gasteiger partial charge in [-0.25, -0.2) is 0 Å². The van der Waals surface area contributed by atoms with Crippen LogP contribution in [0.15, 0.2) is 0 Å². The van der Waals surface area contributed by atoms with Crippen molar-refractivity contribution in [2.75, 3.05) is 13.2 Å². The zero-order valence-corrected chi connectivity index (χ0v) is 25.3. The molecule has 3 nitrogen and oxygen atoms in total. The van der Waals surface area contributed by atoms with E-state index < -0.39 is 0 Å². The number of unbranched alkanes of at least 4 members (excludes halogenated alkanes) is 8. The second-order valence-electron chi connectivity index (χ2n) is 8.99. The fourth-order valence-electron chi connectivity index (χ4n) is 3.52. The maximum atomic E-state index is 6.42. The molecule has 0 radical (unpaired) electrons. The van der Waals surface area contributed by atoms with Crippen molar-refractivity contribution in [3.05, 3.63) is 0 Å². The average molecular weight is 667 g/mol. The Morgan fingerprint density at radius 2 is 0.903 bits per heavy atom. The Bertz CT molecular complexity index is 322. The lowest BCUT2D eigenvalue weighted by Gasteiger charge is -2.26. The highest BCUT2D eigenvalue weighted by Gasteiger charge is 2.18. The van der Waals surface area contributed by atoms with Crippen molar-refractivity contribution < 1.29 is 14.2 Å². The van der Waals surface area contributed by atoms with E-state index in [-0.39, 0.29) is 12.6 Å². The smallest absolute Gasteiger partial charge is 0.160 e. The lowest BCUT2D eigenvalue weighted by atomic mass is 10.1. The maximum Gasteiger partial charge on any atom is 0.160 e. The van der Waals surface area contributed by atoms with Crippen LogP contribution in [0.4, 0.5) is 0 Å². The van der Waals surface area contributed by atoms with E-state index in [9.17, 15) is 0 Å². The van der Waals surface area contributed by atoms with E-state index in [0.29, 0.717) is 7.85 Å². The maximum absolute atomic E-state index is 6.42. The fourth-order valence-corrected chi connectivity index (χ4v) is 4.40. The molecule has 0 aliphatic rings. The van der Waals surface area contributed by atoms with Crippen molar-refractivity contribution in [3.8, 4) is 0 Å². The van der Waals surface area contributed by atoms with Crippen LogP contribution in [-0.2, 0) is 14.2 Å². The van der Waals surface area contributed by atoms with E-state index >= 15 is 0 Å². The van der Waals surface area contributed by atoms with Gasteiger partial charge in [0.2, 0.25) is 0 Å². The molecule has 0 aromatic heterocycles. The van der Waals surface area contributed by atoms with Gasteiger partial charge in [0.05, 0.1) is 0 Å². The van der Waals surface area contributed by atoms with Gasteiger partial charge in [-0.1, -0.05) is 124 Å². The Kier molecular flexibility index (Phi) is 25.5. The van der Waals surface area contributed by atoms with Crippen molar-refractivity contribution in [2.45, 2.75) is 151 Å². The van der Waals surface area contributed by atoms with Gasteiger partial charge in [0.1, 0.15) is 0 Å². The monoisotopic (exact) mass is 666 g/mol. The predicted octanol–water partition coefficient (Wildman–Crippen LogP) is 9.62. The molecule has 0 bridgehead atoms. The average Bonchev–Trinajstić information content (AvgIpc) is 2.72. The van der Waals surface area contributed by atoms with Gasteiger partial charge in [-0.15, -0.1) is 0 Å². The molecule has 0 aliphatic carbocycles. The van der Waals surface area contributed by atoms with Gasteiger partial charge in [0.25, 0.3) is 0 Å². The zero-order valence-electron chi connectivity index (χ0n) is 21.0. The van der Waals surface area contributed by atoms with Crippen molar-refractivity contribution in [1.29, 1.82) is 0 Å². The third-order valence-corrected chi connectivity index (χ3v) is 6.74. The van der Waals surface area contributed by atoms with Gasteiger partial charge in [-0.2, -0.15) is 0 Å². The molecule has 0 amide bonds. The zero-order chi connectivity index (χ0) is 23.2. The van der Waals surface area contributed by atoms with Crippen molar-refractivity contribution >= 4 is 45.2 Å². The lowest BCUT2D eigenvalue weighted by molar-refractivity contribution is -0.250. The summed E-state index contributed by atoms with van der Waals surface area (Å²) in [6.07, 6.45) is 19.1. The summed E-state index contributed by atoms with van der Waals surface area (Å²) >= 11 is 5.02. The minimum Gasteiger partial charge on any atom is -0.353 e. The quantitative estimate of drug-likeness (QED) is 0.0445. The molecule has 4 unspecified atom stereocenters. The first-order valence-electron chi connectivity index (χ1n) is 13.2. The second kappa shape index (κ2) is 24.5. The van der Waals surface area contributed by atoms with E-state index in [2.05, 4.69) is 72.9 Å². The molecule has 4 atom stereocenters. The van der Waals surface area contributed by atoms with Crippen LogP contribution in [0.2, 0.25) is 0 Å². The summed E-state index contributed by atoms with van der Waals surface area (Å²) in [5.41, 5.74) is 0. The predicted molar refractivity (Wildman–Crippen MR) is 153 cm³/mol. The molecule has 0 heterocycles. The standard InChI is InChI=1S/C26H52I2O3/c1-5-7-9-11-13-21-29-25(19-15-17-23(3)27)31-26(20-16-18-24(4)28)30-22-14-12-10-8-6-2/h23-26H,5-22H2,1-4H3. The SMILES string of the molecule is CCCCCCCOC(CCCC(C)I)OC(CCCC(C)I)OCCCCCCC. The summed E-state index contributed by atoms with van der Waals surface area (Å²) in [7, 11) is 0. The highest BCUT2D eigenvalue weighted by atomic mass is 127. The van der Waals surface area contributed by atoms with Crippen LogP contribution in [0.1, 0.15) is 130 Å². The molecule has 0 aromatic carbocycles. The van der Waals surface area contributed by atoms with Crippen LogP contribution in [0, 0.1) is 0 Å². The third-order valence-electron chi connectivity index (χ3n) is 5.49.